The average Bonchev–Trinajstić information content (AvgIpc) is 1.59. The highest BCUT2D eigenvalue weighted by atomic mass is 35.7. The Bertz CT molecular complexity index is 105. The van der Waals surface area contributed by atoms with E-state index in [2.05, 4.69) is 4.29 Å². The van der Waals surface area contributed by atoms with Gasteiger partial charge in [0.05, 0.1) is 14.5 Å². The zero-order valence-corrected chi connectivity index (χ0v) is 5.38. The molecule has 0 aromatic rings. The van der Waals surface area contributed by atoms with E-state index in [1.807, 2.05) is 0 Å². The molecule has 0 aromatic carbocycles. The van der Waals surface area contributed by atoms with Crippen molar-refractivity contribution in [1.82, 2.24) is 0 Å². The molecule has 0 aromatic heterocycles. The van der Waals surface area contributed by atoms with Crippen LogP contribution in [0.4, 0.5) is 0 Å². The van der Waals surface area contributed by atoms with Gasteiger partial charge in [-0.25, -0.2) is 0 Å². The van der Waals surface area contributed by atoms with Crippen LogP contribution in [0.5, 0.6) is 0 Å². The number of carbonyl (C=O) groups excluding carboxylic acids is 1. The summed E-state index contributed by atoms with van der Waals surface area (Å²) < 4.78 is 32.3. The van der Waals surface area contributed by atoms with Gasteiger partial charge in [0, 0.05) is 0 Å². The summed E-state index contributed by atoms with van der Waals surface area (Å²) in [6, 6.07) is 0. The van der Waals surface area contributed by atoms with E-state index in [9.17, 15) is 18.8 Å². The third-order valence-corrected chi connectivity index (χ3v) is 0.768. The van der Waals surface area contributed by atoms with Gasteiger partial charge in [0.25, 0.3) is 6.61 Å². The molecule has 5 nitrogen and oxygen atoms in total. The highest BCUT2D eigenvalue weighted by Crippen LogP contribution is 1.86. The zero-order chi connectivity index (χ0) is 7.49. The van der Waals surface area contributed by atoms with Crippen molar-refractivity contribution in [2.45, 2.75) is 6.92 Å². The Morgan fingerprint density at radius 3 is 2.11 bits per heavy atom. The molecule has 0 saturated heterocycles. The largest absolute Gasteiger partial charge is 0.297 e. The molecule has 54 valence electrons. The lowest BCUT2D eigenvalue weighted by Gasteiger charge is -2.10. The van der Waals surface area contributed by atoms with Gasteiger partial charge in [-0.1, -0.05) is 0 Å². The van der Waals surface area contributed by atoms with Gasteiger partial charge in [0.2, 0.25) is 0 Å². The Labute approximate surface area is 53.6 Å². The molecule has 0 amide bonds. The van der Waals surface area contributed by atoms with Gasteiger partial charge in [-0.15, -0.1) is 0 Å². The van der Waals surface area contributed by atoms with E-state index in [0.29, 0.717) is 0 Å². The summed E-state index contributed by atoms with van der Waals surface area (Å²) >= 11 is 0. The van der Waals surface area contributed by atoms with Crippen LogP contribution in [0.2, 0.25) is 0 Å². The van der Waals surface area contributed by atoms with E-state index in [1.165, 1.54) is 0 Å². The Morgan fingerprint density at radius 1 is 1.56 bits per heavy atom. The summed E-state index contributed by atoms with van der Waals surface area (Å²) in [6.45, 7) is 0.425. The number of carbonyl (C=O) groups is 1. The standard InChI is InChI=1S/C3H5ClO5/c1-3(5)2-9-4(6,7)8/h2H2,1H3. The second-order valence-electron chi connectivity index (χ2n) is 1.33. The number of halogens is 1. The van der Waals surface area contributed by atoms with Gasteiger partial charge in [0.1, 0.15) is 0 Å². The fourth-order valence-corrected chi connectivity index (χ4v) is 0.431. The summed E-state index contributed by atoms with van der Waals surface area (Å²) in [7, 11) is -4.44. The molecule has 0 spiro atoms. The molecule has 0 radical (unpaired) electrons. The highest BCUT2D eigenvalue weighted by molar-refractivity contribution is 5.76. The minimum atomic E-state index is -4.44. The van der Waals surface area contributed by atoms with Gasteiger partial charge >= 0.3 is 0 Å². The van der Waals surface area contributed by atoms with Gasteiger partial charge < -0.3 is 0 Å². The van der Waals surface area contributed by atoms with Crippen molar-refractivity contribution in [2.75, 3.05) is 6.61 Å². The summed E-state index contributed by atoms with van der Waals surface area (Å²) in [5, 5.41) is 0. The van der Waals surface area contributed by atoms with E-state index in [0.717, 1.165) is 6.92 Å². The van der Waals surface area contributed by atoms with Crippen LogP contribution in [-0.4, -0.2) is 12.4 Å². The molecule has 0 aliphatic carbocycles. The minimum absolute atomic E-state index is 0.512. The number of hydrogen-bond donors (Lipinski definition) is 0. The first-order valence-corrected chi connectivity index (χ1v) is 3.20. The summed E-state index contributed by atoms with van der Waals surface area (Å²) in [5.41, 5.74) is 0. The van der Waals surface area contributed by atoms with Gasteiger partial charge in [-0.3, -0.25) is 4.79 Å². The normalized spacial score (nSPS) is 11.6. The second kappa shape index (κ2) is 3.09. The van der Waals surface area contributed by atoms with Crippen molar-refractivity contribution in [1.29, 1.82) is 0 Å². The predicted octanol–water partition coefficient (Wildman–Crippen LogP) is -3.51. The van der Waals surface area contributed by atoms with E-state index >= 15 is 0 Å². The highest BCUT2D eigenvalue weighted by Gasteiger charge is 2.17. The van der Waals surface area contributed by atoms with Gasteiger partial charge in [-0.2, -0.15) is 14.0 Å². The molecule has 0 fully saturated rings. The third kappa shape index (κ3) is 7.80. The monoisotopic (exact) mass is 156 g/mol. The van der Waals surface area contributed by atoms with Gasteiger partial charge in [0.15, 0.2) is 5.78 Å². The molecule has 0 aliphatic rings. The van der Waals surface area contributed by atoms with Crippen molar-refractivity contribution in [2.24, 2.45) is 0 Å². The zero-order valence-electron chi connectivity index (χ0n) is 4.63. The molecular weight excluding hydrogens is 151 g/mol. The van der Waals surface area contributed by atoms with Crippen molar-refractivity contribution in [3.05, 3.63) is 0 Å². The predicted molar refractivity (Wildman–Crippen MR) is 16.6 cm³/mol. The SMILES string of the molecule is CC(=O)CO[Cl+3]([O-])([O-])[O-]. The first-order chi connectivity index (χ1) is 3.92. The van der Waals surface area contributed by atoms with Crippen molar-refractivity contribution in [3.63, 3.8) is 0 Å². The molecule has 0 aliphatic heterocycles. The second-order valence-corrected chi connectivity index (χ2v) is 2.31. The van der Waals surface area contributed by atoms with E-state index in [1.54, 1.807) is 0 Å². The van der Waals surface area contributed by atoms with Crippen molar-refractivity contribution < 1.29 is 33.3 Å². The first-order valence-electron chi connectivity index (χ1n) is 1.96. The fourth-order valence-electron chi connectivity index (χ4n) is 0.144. The Hall–Kier alpha value is -0.200. The Balaban J connectivity index is 3.39. The van der Waals surface area contributed by atoms with Crippen LogP contribution in [0.15, 0.2) is 0 Å². The molecule has 0 unspecified atom stereocenters. The molecule has 0 N–H and O–H groups in total. The van der Waals surface area contributed by atoms with Crippen LogP contribution >= 0.6 is 0 Å². The van der Waals surface area contributed by atoms with E-state index in [-0.39, 0.29) is 0 Å². The lowest BCUT2D eigenvalue weighted by atomic mass is 10.5. The molecule has 0 heterocycles. The average molecular weight is 157 g/mol. The summed E-state index contributed by atoms with van der Waals surface area (Å²) in [4.78, 5) is 9.96. The summed E-state index contributed by atoms with van der Waals surface area (Å²) in [5.74, 6) is -0.512. The minimum Gasteiger partial charge on any atom is -0.297 e. The molecule has 0 saturated carbocycles. The first kappa shape index (κ1) is 8.80. The van der Waals surface area contributed by atoms with Crippen molar-refractivity contribution >= 4 is 5.78 Å². The van der Waals surface area contributed by atoms with Crippen LogP contribution in [0.1, 0.15) is 6.92 Å². The molecule has 9 heavy (non-hydrogen) atoms. The molecule has 0 bridgehead atoms. The number of hydrogen-bond acceptors (Lipinski definition) is 5. The molecule has 6 heteroatoms. The third-order valence-electron chi connectivity index (χ3n) is 0.391. The van der Waals surface area contributed by atoms with Crippen LogP contribution < -0.4 is 14.0 Å². The quantitative estimate of drug-likeness (QED) is 0.422. The maximum Gasteiger partial charge on any atom is 0.261 e. The van der Waals surface area contributed by atoms with E-state index in [4.69, 9.17) is 0 Å². The van der Waals surface area contributed by atoms with Crippen LogP contribution in [0.3, 0.4) is 0 Å². The number of ketones is 1. The molecule has 0 atom stereocenters. The smallest absolute Gasteiger partial charge is 0.261 e. The molecule has 0 rings (SSSR count). The summed E-state index contributed by atoms with van der Waals surface area (Å²) in [6.07, 6.45) is 0. The maximum absolute atomic E-state index is 9.96. The van der Waals surface area contributed by atoms with Crippen LogP contribution in [0.25, 0.3) is 0 Å². The van der Waals surface area contributed by atoms with Crippen molar-refractivity contribution in [3.8, 4) is 0 Å². The fraction of sp³-hybridized carbons (Fsp3) is 0.667. The maximum atomic E-state index is 9.96. The molecular formula is C3H5ClO5. The Morgan fingerprint density at radius 2 is 2.00 bits per heavy atom. The Kier molecular flexibility index (Phi) is 3.02. The van der Waals surface area contributed by atoms with Gasteiger partial charge in [-0.05, 0) is 6.92 Å². The topological polar surface area (TPSA) is 95.5 Å². The lowest BCUT2D eigenvalue weighted by Crippen LogP contribution is -2.61. The van der Waals surface area contributed by atoms with Crippen LogP contribution in [0, 0.1) is 10.2 Å². The van der Waals surface area contributed by atoms with Crippen LogP contribution in [-0.2, 0) is 9.08 Å². The number of rotatable bonds is 3. The number of Topliss-reactive ketones (excluding diaryl/α,β-unsaturated/α-hetero) is 1. The van der Waals surface area contributed by atoms with E-state index < -0.39 is 22.6 Å². The lowest BCUT2D eigenvalue weighted by molar-refractivity contribution is -1.92.